The van der Waals surface area contributed by atoms with Crippen molar-refractivity contribution in [2.45, 2.75) is 6.92 Å². The van der Waals surface area contributed by atoms with Gasteiger partial charge in [-0.15, -0.1) is 0 Å². The Morgan fingerprint density at radius 2 is 1.95 bits per heavy atom. The first-order valence-electron chi connectivity index (χ1n) is 5.67. The molecule has 98 valence electrons. The van der Waals surface area contributed by atoms with Gasteiger partial charge >= 0.3 is 0 Å². The molecule has 4 heteroatoms. The van der Waals surface area contributed by atoms with Gasteiger partial charge in [0.25, 0.3) is 0 Å². The number of hydrogen-bond acceptors (Lipinski definition) is 2. The highest BCUT2D eigenvalue weighted by molar-refractivity contribution is 9.10. The standard InChI is InChI=1S/C15H12BrFO2/c1-9-7-11(19-2)4-5-12(9)15(18)10-3-6-14(17)13(16)8-10/h3-8H,1-2H3. The highest BCUT2D eigenvalue weighted by Gasteiger charge is 2.13. The third-order valence-electron chi connectivity index (χ3n) is 2.86. The summed E-state index contributed by atoms with van der Waals surface area (Å²) in [4.78, 5) is 12.3. The van der Waals surface area contributed by atoms with Crippen LogP contribution in [-0.2, 0) is 0 Å². The monoisotopic (exact) mass is 322 g/mol. The minimum atomic E-state index is -0.386. The van der Waals surface area contributed by atoms with Crippen LogP contribution in [0.5, 0.6) is 5.75 Å². The van der Waals surface area contributed by atoms with Crippen LogP contribution in [0.2, 0.25) is 0 Å². The molecule has 0 aromatic heterocycles. The van der Waals surface area contributed by atoms with Gasteiger partial charge in [0, 0.05) is 11.1 Å². The Bertz CT molecular complexity index is 638. The minimum absolute atomic E-state index is 0.138. The Labute approximate surface area is 119 Å². The lowest BCUT2D eigenvalue weighted by atomic mass is 9.99. The molecule has 0 radical (unpaired) electrons. The molecule has 2 aromatic rings. The average molecular weight is 323 g/mol. The molecule has 19 heavy (non-hydrogen) atoms. The number of carbonyl (C=O) groups excluding carboxylic acids is 1. The first kappa shape index (κ1) is 13.7. The van der Waals surface area contributed by atoms with Crippen LogP contribution in [0, 0.1) is 12.7 Å². The number of ketones is 1. The van der Waals surface area contributed by atoms with Crippen LogP contribution in [0.15, 0.2) is 40.9 Å². The zero-order chi connectivity index (χ0) is 14.0. The van der Waals surface area contributed by atoms with E-state index in [4.69, 9.17) is 4.74 Å². The van der Waals surface area contributed by atoms with Crippen LogP contribution >= 0.6 is 15.9 Å². The second kappa shape index (κ2) is 5.53. The van der Waals surface area contributed by atoms with E-state index in [9.17, 15) is 9.18 Å². The second-order valence-corrected chi connectivity index (χ2v) is 4.99. The molecule has 2 aromatic carbocycles. The molecule has 0 aliphatic carbocycles. The molecule has 0 aliphatic heterocycles. The van der Waals surface area contributed by atoms with Crippen molar-refractivity contribution in [3.05, 3.63) is 63.4 Å². The van der Waals surface area contributed by atoms with Gasteiger partial charge in [0.15, 0.2) is 5.78 Å². The van der Waals surface area contributed by atoms with Crippen molar-refractivity contribution >= 4 is 21.7 Å². The topological polar surface area (TPSA) is 26.3 Å². The summed E-state index contributed by atoms with van der Waals surface area (Å²) in [6.07, 6.45) is 0. The van der Waals surface area contributed by atoms with E-state index < -0.39 is 0 Å². The third kappa shape index (κ3) is 2.84. The zero-order valence-electron chi connectivity index (χ0n) is 10.5. The zero-order valence-corrected chi connectivity index (χ0v) is 12.1. The molecule has 0 unspecified atom stereocenters. The number of rotatable bonds is 3. The number of methoxy groups -OCH3 is 1. The summed E-state index contributed by atoms with van der Waals surface area (Å²) < 4.78 is 18.6. The Balaban J connectivity index is 2.41. The predicted octanol–water partition coefficient (Wildman–Crippen LogP) is 4.14. The van der Waals surface area contributed by atoms with Crippen LogP contribution in [0.4, 0.5) is 4.39 Å². The Morgan fingerprint density at radius 1 is 1.21 bits per heavy atom. The predicted molar refractivity (Wildman–Crippen MR) is 75.3 cm³/mol. The number of benzene rings is 2. The maximum atomic E-state index is 13.2. The van der Waals surface area contributed by atoms with E-state index in [1.807, 2.05) is 6.92 Å². The summed E-state index contributed by atoms with van der Waals surface area (Å²) in [5.41, 5.74) is 1.85. The average Bonchev–Trinajstić information content (AvgIpc) is 2.41. The maximum Gasteiger partial charge on any atom is 0.193 e. The molecule has 0 heterocycles. The lowest BCUT2D eigenvalue weighted by Gasteiger charge is -2.08. The van der Waals surface area contributed by atoms with Gasteiger partial charge in [-0.2, -0.15) is 0 Å². The SMILES string of the molecule is COc1ccc(C(=O)c2ccc(F)c(Br)c2)c(C)c1. The summed E-state index contributed by atoms with van der Waals surface area (Å²) >= 11 is 3.08. The van der Waals surface area contributed by atoms with Crippen molar-refractivity contribution in [3.8, 4) is 5.75 Å². The molecule has 0 fully saturated rings. The van der Waals surface area contributed by atoms with Crippen LogP contribution in [0.3, 0.4) is 0 Å². The van der Waals surface area contributed by atoms with Crippen molar-refractivity contribution in [1.82, 2.24) is 0 Å². The smallest absolute Gasteiger partial charge is 0.193 e. The molecule has 2 nitrogen and oxygen atoms in total. The number of hydrogen-bond donors (Lipinski definition) is 0. The summed E-state index contributed by atoms with van der Waals surface area (Å²) in [5, 5.41) is 0. The third-order valence-corrected chi connectivity index (χ3v) is 3.47. The minimum Gasteiger partial charge on any atom is -0.497 e. The highest BCUT2D eigenvalue weighted by atomic mass is 79.9. The molecule has 0 amide bonds. The van der Waals surface area contributed by atoms with Crippen LogP contribution < -0.4 is 4.74 Å². The van der Waals surface area contributed by atoms with Crippen molar-refractivity contribution in [2.75, 3.05) is 7.11 Å². The van der Waals surface area contributed by atoms with Gasteiger partial charge in [-0.1, -0.05) is 0 Å². The molecule has 0 saturated heterocycles. The number of carbonyl (C=O) groups is 1. The van der Waals surface area contributed by atoms with Crippen molar-refractivity contribution in [2.24, 2.45) is 0 Å². The summed E-state index contributed by atoms with van der Waals surface area (Å²) in [5.74, 6) is 0.179. The van der Waals surface area contributed by atoms with Gasteiger partial charge in [0.2, 0.25) is 0 Å². The Kier molecular flexibility index (Phi) is 4.00. The summed E-state index contributed by atoms with van der Waals surface area (Å²) in [6.45, 7) is 1.84. The number of halogens is 2. The van der Waals surface area contributed by atoms with E-state index in [1.54, 1.807) is 25.3 Å². The van der Waals surface area contributed by atoms with Crippen LogP contribution in [0.25, 0.3) is 0 Å². The fraction of sp³-hybridized carbons (Fsp3) is 0.133. The quantitative estimate of drug-likeness (QED) is 0.794. The first-order chi connectivity index (χ1) is 9.02. The normalized spacial score (nSPS) is 10.3. The van der Waals surface area contributed by atoms with Gasteiger partial charge in [0.05, 0.1) is 11.6 Å². The Hall–Kier alpha value is -1.68. The van der Waals surface area contributed by atoms with E-state index in [2.05, 4.69) is 15.9 Å². The first-order valence-corrected chi connectivity index (χ1v) is 6.46. The molecular formula is C15H12BrFO2. The number of ether oxygens (including phenoxy) is 1. The molecule has 0 atom stereocenters. The van der Waals surface area contributed by atoms with Crippen molar-refractivity contribution in [1.29, 1.82) is 0 Å². The van der Waals surface area contributed by atoms with Crippen LogP contribution in [0.1, 0.15) is 21.5 Å². The molecule has 0 spiro atoms. The van der Waals surface area contributed by atoms with Gasteiger partial charge in [-0.05, 0) is 64.8 Å². The summed E-state index contributed by atoms with van der Waals surface area (Å²) in [7, 11) is 1.58. The van der Waals surface area contributed by atoms with E-state index >= 15 is 0 Å². The fourth-order valence-electron chi connectivity index (χ4n) is 1.81. The van der Waals surface area contributed by atoms with Gasteiger partial charge in [-0.3, -0.25) is 4.79 Å². The lowest BCUT2D eigenvalue weighted by Crippen LogP contribution is -2.04. The van der Waals surface area contributed by atoms with E-state index in [1.165, 1.54) is 18.2 Å². The lowest BCUT2D eigenvalue weighted by molar-refractivity contribution is 0.103. The van der Waals surface area contributed by atoms with Crippen molar-refractivity contribution in [3.63, 3.8) is 0 Å². The molecular weight excluding hydrogens is 311 g/mol. The molecule has 0 N–H and O–H groups in total. The van der Waals surface area contributed by atoms with E-state index in [-0.39, 0.29) is 16.1 Å². The molecule has 0 aliphatic rings. The van der Waals surface area contributed by atoms with Crippen molar-refractivity contribution < 1.29 is 13.9 Å². The van der Waals surface area contributed by atoms with Gasteiger partial charge < -0.3 is 4.74 Å². The maximum absolute atomic E-state index is 13.2. The Morgan fingerprint density at radius 3 is 2.53 bits per heavy atom. The largest absolute Gasteiger partial charge is 0.497 e. The van der Waals surface area contributed by atoms with E-state index in [0.29, 0.717) is 16.9 Å². The fourth-order valence-corrected chi connectivity index (χ4v) is 2.19. The summed E-state index contributed by atoms with van der Waals surface area (Å²) in [6, 6.07) is 9.49. The van der Waals surface area contributed by atoms with Gasteiger partial charge in [0.1, 0.15) is 11.6 Å². The molecule has 2 rings (SSSR count). The molecule has 0 saturated carbocycles. The number of aryl methyl sites for hydroxylation is 1. The van der Waals surface area contributed by atoms with Gasteiger partial charge in [-0.25, -0.2) is 4.39 Å². The second-order valence-electron chi connectivity index (χ2n) is 4.14. The highest BCUT2D eigenvalue weighted by Crippen LogP contribution is 2.22. The van der Waals surface area contributed by atoms with Crippen LogP contribution in [-0.4, -0.2) is 12.9 Å². The molecule has 0 bridgehead atoms. The van der Waals surface area contributed by atoms with E-state index in [0.717, 1.165) is 5.56 Å².